The van der Waals surface area contributed by atoms with Crippen molar-refractivity contribution in [2.75, 3.05) is 0 Å². The highest BCUT2D eigenvalue weighted by atomic mass is 14.9. The van der Waals surface area contributed by atoms with Gasteiger partial charge in [0, 0.05) is 5.70 Å². The number of hydrogen-bond acceptors (Lipinski definition) is 1. The van der Waals surface area contributed by atoms with Gasteiger partial charge in [0.2, 0.25) is 0 Å². The van der Waals surface area contributed by atoms with E-state index in [1.165, 1.54) is 5.57 Å². The molecule has 2 heteroatoms. The van der Waals surface area contributed by atoms with Crippen LogP contribution < -0.4 is 0 Å². The molecule has 0 saturated heterocycles. The summed E-state index contributed by atoms with van der Waals surface area (Å²) in [6.45, 7) is 11.2. The van der Waals surface area contributed by atoms with Gasteiger partial charge in [-0.1, -0.05) is 5.57 Å². The van der Waals surface area contributed by atoms with Gasteiger partial charge in [0.1, 0.15) is 5.84 Å². The van der Waals surface area contributed by atoms with Crippen LogP contribution in [0.4, 0.5) is 0 Å². The first-order valence-electron chi connectivity index (χ1n) is 3.24. The summed E-state index contributed by atoms with van der Waals surface area (Å²) in [6, 6.07) is 0. The van der Waals surface area contributed by atoms with Crippen LogP contribution in [-0.4, -0.2) is 12.6 Å². The summed E-state index contributed by atoms with van der Waals surface area (Å²) in [5, 5.41) is 0. The molecule has 0 atom stereocenters. The van der Waals surface area contributed by atoms with E-state index in [4.69, 9.17) is 0 Å². The Hall–Kier alpha value is -0.920. The van der Waals surface area contributed by atoms with Gasteiger partial charge in [0.05, 0.1) is 0 Å². The van der Waals surface area contributed by atoms with Crippen molar-refractivity contribution >= 4 is 12.6 Å². The van der Waals surface area contributed by atoms with Crippen LogP contribution >= 0.6 is 0 Å². The van der Waals surface area contributed by atoms with Crippen LogP contribution in [0.5, 0.6) is 0 Å². The number of hydrogen-bond donors (Lipinski definition) is 0. The number of rotatable bonds is 1. The van der Waals surface area contributed by atoms with Crippen molar-refractivity contribution in [2.24, 2.45) is 9.98 Å². The lowest BCUT2D eigenvalue weighted by atomic mass is 10.3. The van der Waals surface area contributed by atoms with Crippen LogP contribution in [0.2, 0.25) is 0 Å². The largest absolute Gasteiger partial charge is 0.250 e. The molecule has 0 spiro atoms. The van der Waals surface area contributed by atoms with E-state index in [1.54, 1.807) is 0 Å². The lowest BCUT2D eigenvalue weighted by Crippen LogP contribution is -1.85. The van der Waals surface area contributed by atoms with E-state index >= 15 is 0 Å². The number of aliphatic imine (C=N–C) groups is 2. The zero-order valence-electron chi connectivity index (χ0n) is 7.10. The first-order chi connectivity index (χ1) is 4.57. The summed E-state index contributed by atoms with van der Waals surface area (Å²) in [5.74, 6) is 0.721. The zero-order valence-corrected chi connectivity index (χ0v) is 7.10. The van der Waals surface area contributed by atoms with E-state index in [2.05, 4.69) is 16.7 Å². The standard InChI is InChI=1S/C8H14N2/c1-6(2)7(3)10-8(4)9-5/h5H2,1-4H3. The third kappa shape index (κ3) is 3.17. The van der Waals surface area contributed by atoms with Gasteiger partial charge in [-0.25, -0.2) is 9.98 Å². The van der Waals surface area contributed by atoms with E-state index in [9.17, 15) is 0 Å². The van der Waals surface area contributed by atoms with Gasteiger partial charge in [0.15, 0.2) is 0 Å². The summed E-state index contributed by atoms with van der Waals surface area (Å²) >= 11 is 0. The van der Waals surface area contributed by atoms with Gasteiger partial charge in [-0.2, -0.15) is 0 Å². The maximum atomic E-state index is 4.16. The quantitative estimate of drug-likeness (QED) is 0.392. The highest BCUT2D eigenvalue weighted by Crippen LogP contribution is 2.03. The predicted molar refractivity (Wildman–Crippen MR) is 46.7 cm³/mol. The Balaban J connectivity index is 4.42. The third-order valence-electron chi connectivity index (χ3n) is 1.28. The highest BCUT2D eigenvalue weighted by Gasteiger charge is 1.87. The molecule has 0 bridgehead atoms. The molecule has 0 aliphatic rings. The summed E-state index contributed by atoms with van der Waals surface area (Å²) in [5.41, 5.74) is 2.23. The molecule has 56 valence electrons. The molecule has 0 amide bonds. The van der Waals surface area contributed by atoms with Crippen molar-refractivity contribution < 1.29 is 0 Å². The molecule has 0 unspecified atom stereocenters. The molecule has 0 aliphatic heterocycles. The summed E-state index contributed by atoms with van der Waals surface area (Å²) in [7, 11) is 0. The van der Waals surface area contributed by atoms with E-state index in [0.717, 1.165) is 11.5 Å². The molecule has 2 nitrogen and oxygen atoms in total. The molecule has 0 rings (SSSR count). The summed E-state index contributed by atoms with van der Waals surface area (Å²) in [6.07, 6.45) is 0. The van der Waals surface area contributed by atoms with Gasteiger partial charge in [0.25, 0.3) is 0 Å². The average Bonchev–Trinajstić information content (AvgIpc) is 1.87. The van der Waals surface area contributed by atoms with Crippen LogP contribution in [0.1, 0.15) is 27.7 Å². The fraction of sp³-hybridized carbons (Fsp3) is 0.500. The maximum absolute atomic E-state index is 4.16. The Morgan fingerprint density at radius 1 is 1.10 bits per heavy atom. The van der Waals surface area contributed by atoms with Gasteiger partial charge < -0.3 is 0 Å². The molecule has 0 aromatic heterocycles. The molecule has 0 N–H and O–H groups in total. The Morgan fingerprint density at radius 3 is 1.90 bits per heavy atom. The monoisotopic (exact) mass is 138 g/mol. The molecular formula is C8H14N2. The molecule has 0 fully saturated rings. The van der Waals surface area contributed by atoms with Crippen molar-refractivity contribution in [3.63, 3.8) is 0 Å². The normalized spacial score (nSPS) is 11.0. The summed E-state index contributed by atoms with van der Waals surface area (Å²) in [4.78, 5) is 7.84. The Labute approximate surface area is 62.4 Å². The second kappa shape index (κ2) is 3.99. The number of allylic oxidation sites excluding steroid dienone is 2. The Morgan fingerprint density at radius 2 is 1.60 bits per heavy atom. The fourth-order valence-corrected chi connectivity index (χ4v) is 0.390. The van der Waals surface area contributed by atoms with Crippen molar-refractivity contribution in [3.8, 4) is 0 Å². The molecule has 0 aromatic rings. The lowest BCUT2D eigenvalue weighted by molar-refractivity contribution is 1.18. The van der Waals surface area contributed by atoms with Crippen LogP contribution in [0.15, 0.2) is 21.3 Å². The van der Waals surface area contributed by atoms with Gasteiger partial charge in [-0.05, 0) is 34.4 Å². The van der Waals surface area contributed by atoms with Crippen molar-refractivity contribution in [1.82, 2.24) is 0 Å². The SMILES string of the molecule is C=NC(C)=NC(C)=C(C)C. The predicted octanol–water partition coefficient (Wildman–Crippen LogP) is 2.42. The van der Waals surface area contributed by atoms with Crippen LogP contribution in [-0.2, 0) is 0 Å². The molecular weight excluding hydrogens is 124 g/mol. The van der Waals surface area contributed by atoms with Crippen LogP contribution in [0.3, 0.4) is 0 Å². The molecule has 0 heterocycles. The second-order valence-electron chi connectivity index (χ2n) is 2.40. The number of amidine groups is 1. The minimum absolute atomic E-state index is 0.721. The lowest BCUT2D eigenvalue weighted by Gasteiger charge is -1.95. The molecule has 10 heavy (non-hydrogen) atoms. The molecule has 0 aliphatic carbocycles. The van der Waals surface area contributed by atoms with E-state index in [1.807, 2.05) is 27.7 Å². The first kappa shape index (κ1) is 9.08. The van der Waals surface area contributed by atoms with E-state index in [0.29, 0.717) is 0 Å². The molecule has 0 saturated carbocycles. The van der Waals surface area contributed by atoms with Crippen LogP contribution in [0.25, 0.3) is 0 Å². The molecule has 0 radical (unpaired) electrons. The highest BCUT2D eigenvalue weighted by molar-refractivity contribution is 5.84. The third-order valence-corrected chi connectivity index (χ3v) is 1.28. The Bertz CT molecular complexity index is 183. The second-order valence-corrected chi connectivity index (χ2v) is 2.40. The van der Waals surface area contributed by atoms with E-state index in [-0.39, 0.29) is 0 Å². The Kier molecular flexibility index (Phi) is 3.62. The van der Waals surface area contributed by atoms with Crippen LogP contribution in [0, 0.1) is 0 Å². The summed E-state index contributed by atoms with van der Waals surface area (Å²) < 4.78 is 0. The van der Waals surface area contributed by atoms with Gasteiger partial charge in [-0.3, -0.25) is 0 Å². The number of nitrogens with zero attached hydrogens (tertiary/aromatic N) is 2. The molecule has 0 aromatic carbocycles. The zero-order chi connectivity index (χ0) is 8.15. The van der Waals surface area contributed by atoms with Gasteiger partial charge in [-0.15, -0.1) is 0 Å². The topological polar surface area (TPSA) is 24.7 Å². The minimum atomic E-state index is 0.721. The average molecular weight is 138 g/mol. The van der Waals surface area contributed by atoms with Crippen molar-refractivity contribution in [1.29, 1.82) is 0 Å². The van der Waals surface area contributed by atoms with E-state index < -0.39 is 0 Å². The first-order valence-corrected chi connectivity index (χ1v) is 3.24. The van der Waals surface area contributed by atoms with Crippen molar-refractivity contribution in [2.45, 2.75) is 27.7 Å². The minimum Gasteiger partial charge on any atom is -0.250 e. The maximum Gasteiger partial charge on any atom is 0.124 e. The van der Waals surface area contributed by atoms with Gasteiger partial charge >= 0.3 is 0 Å². The fourth-order valence-electron chi connectivity index (χ4n) is 0.390. The smallest absolute Gasteiger partial charge is 0.124 e. The van der Waals surface area contributed by atoms with Crippen molar-refractivity contribution in [3.05, 3.63) is 11.3 Å².